The van der Waals surface area contributed by atoms with Gasteiger partial charge in [-0.05, 0) is 23.5 Å². The molecule has 1 aromatic rings. The Kier molecular flexibility index (Phi) is 6.72. The van der Waals surface area contributed by atoms with Crippen LogP contribution in [0.4, 0.5) is 13.2 Å². The van der Waals surface area contributed by atoms with Gasteiger partial charge in [-0.2, -0.15) is 13.2 Å². The van der Waals surface area contributed by atoms with Gasteiger partial charge in [0.25, 0.3) is 0 Å². The van der Waals surface area contributed by atoms with Crippen molar-refractivity contribution in [3.8, 4) is 0 Å². The smallest absolute Gasteiger partial charge is 0.312 e. The summed E-state index contributed by atoms with van der Waals surface area (Å²) in [6.45, 7) is 7.86. The molecule has 0 heterocycles. The largest absolute Gasteiger partial charge is 0.416 e. The number of rotatable bonds is 8. The van der Waals surface area contributed by atoms with Crippen molar-refractivity contribution in [1.29, 1.82) is 0 Å². The SMILES string of the molecule is CCCCCC(C)(C)CNCc1cccc(C(F)(F)F)c1. The van der Waals surface area contributed by atoms with Gasteiger partial charge in [-0.25, -0.2) is 0 Å². The predicted molar refractivity (Wildman–Crippen MR) is 81.1 cm³/mol. The standard InChI is InChI=1S/C17H26F3N/c1-4-5-6-10-16(2,3)13-21-12-14-8-7-9-15(11-14)17(18,19)20/h7-9,11,21H,4-6,10,12-13H2,1-3H3. The van der Waals surface area contributed by atoms with Crippen LogP contribution in [-0.4, -0.2) is 6.54 Å². The van der Waals surface area contributed by atoms with E-state index in [1.54, 1.807) is 6.07 Å². The molecule has 1 aromatic carbocycles. The summed E-state index contributed by atoms with van der Waals surface area (Å²) in [5.74, 6) is 0. The summed E-state index contributed by atoms with van der Waals surface area (Å²) in [5, 5.41) is 3.28. The third-order valence-electron chi connectivity index (χ3n) is 3.64. The molecular formula is C17H26F3N. The second-order valence-electron chi connectivity index (χ2n) is 6.42. The van der Waals surface area contributed by atoms with Crippen LogP contribution < -0.4 is 5.32 Å². The van der Waals surface area contributed by atoms with E-state index in [1.807, 2.05) is 0 Å². The van der Waals surface area contributed by atoms with Crippen molar-refractivity contribution < 1.29 is 13.2 Å². The van der Waals surface area contributed by atoms with Crippen molar-refractivity contribution in [1.82, 2.24) is 5.32 Å². The quantitative estimate of drug-likeness (QED) is 0.634. The van der Waals surface area contributed by atoms with Gasteiger partial charge in [0.15, 0.2) is 0 Å². The van der Waals surface area contributed by atoms with Gasteiger partial charge >= 0.3 is 6.18 Å². The van der Waals surface area contributed by atoms with Crippen molar-refractivity contribution in [2.75, 3.05) is 6.54 Å². The van der Waals surface area contributed by atoms with E-state index in [2.05, 4.69) is 26.1 Å². The molecule has 0 aliphatic heterocycles. The Morgan fingerprint density at radius 2 is 1.81 bits per heavy atom. The lowest BCUT2D eigenvalue weighted by Gasteiger charge is -2.25. The Hall–Kier alpha value is -1.03. The van der Waals surface area contributed by atoms with Gasteiger partial charge in [-0.3, -0.25) is 0 Å². The highest BCUT2D eigenvalue weighted by molar-refractivity contribution is 5.25. The molecule has 0 aliphatic rings. The third-order valence-corrected chi connectivity index (χ3v) is 3.64. The van der Waals surface area contributed by atoms with Gasteiger partial charge in [0.2, 0.25) is 0 Å². The number of hydrogen-bond donors (Lipinski definition) is 1. The third kappa shape index (κ3) is 6.98. The molecule has 120 valence electrons. The number of alkyl halides is 3. The molecule has 1 rings (SSSR count). The van der Waals surface area contributed by atoms with Crippen molar-refractivity contribution in [3.63, 3.8) is 0 Å². The maximum atomic E-state index is 12.6. The van der Waals surface area contributed by atoms with Gasteiger partial charge in [0.05, 0.1) is 5.56 Å². The first-order chi connectivity index (χ1) is 9.74. The fourth-order valence-electron chi connectivity index (χ4n) is 2.34. The van der Waals surface area contributed by atoms with Crippen LogP contribution in [0.15, 0.2) is 24.3 Å². The average Bonchev–Trinajstić information content (AvgIpc) is 2.38. The molecule has 0 saturated heterocycles. The summed E-state index contributed by atoms with van der Waals surface area (Å²) >= 11 is 0. The number of benzene rings is 1. The van der Waals surface area contributed by atoms with E-state index in [0.29, 0.717) is 12.1 Å². The Morgan fingerprint density at radius 3 is 2.43 bits per heavy atom. The zero-order valence-corrected chi connectivity index (χ0v) is 13.2. The van der Waals surface area contributed by atoms with Crippen molar-refractivity contribution in [3.05, 3.63) is 35.4 Å². The first-order valence-corrected chi connectivity index (χ1v) is 7.61. The molecule has 0 aromatic heterocycles. The van der Waals surface area contributed by atoms with Gasteiger partial charge < -0.3 is 5.32 Å². The predicted octanol–water partition coefficient (Wildman–Crippen LogP) is 5.40. The molecule has 4 heteroatoms. The second-order valence-corrected chi connectivity index (χ2v) is 6.42. The molecule has 0 amide bonds. The van der Waals surface area contributed by atoms with E-state index in [9.17, 15) is 13.2 Å². The first-order valence-electron chi connectivity index (χ1n) is 7.61. The summed E-state index contributed by atoms with van der Waals surface area (Å²) in [7, 11) is 0. The maximum absolute atomic E-state index is 12.6. The minimum Gasteiger partial charge on any atom is -0.312 e. The van der Waals surface area contributed by atoms with Crippen LogP contribution in [0.25, 0.3) is 0 Å². The highest BCUT2D eigenvalue weighted by atomic mass is 19.4. The van der Waals surface area contributed by atoms with Crippen LogP contribution in [0.2, 0.25) is 0 Å². The van der Waals surface area contributed by atoms with Gasteiger partial charge in [0.1, 0.15) is 0 Å². The Balaban J connectivity index is 2.45. The number of nitrogens with one attached hydrogen (secondary N) is 1. The summed E-state index contributed by atoms with van der Waals surface area (Å²) < 4.78 is 37.9. The average molecular weight is 301 g/mol. The molecule has 0 aliphatic carbocycles. The summed E-state index contributed by atoms with van der Waals surface area (Å²) in [5.41, 5.74) is 0.273. The number of hydrogen-bond acceptors (Lipinski definition) is 1. The van der Waals surface area contributed by atoms with Gasteiger partial charge in [-0.15, -0.1) is 0 Å². The lowest BCUT2D eigenvalue weighted by molar-refractivity contribution is -0.137. The van der Waals surface area contributed by atoms with E-state index < -0.39 is 11.7 Å². The molecule has 0 bridgehead atoms. The van der Waals surface area contributed by atoms with Crippen molar-refractivity contribution >= 4 is 0 Å². The lowest BCUT2D eigenvalue weighted by Crippen LogP contribution is -2.29. The molecule has 0 radical (unpaired) electrons. The van der Waals surface area contributed by atoms with Gasteiger partial charge in [0, 0.05) is 13.1 Å². The molecule has 21 heavy (non-hydrogen) atoms. The van der Waals surface area contributed by atoms with Crippen molar-refractivity contribution in [2.45, 2.75) is 59.2 Å². The highest BCUT2D eigenvalue weighted by Crippen LogP contribution is 2.29. The Bertz CT molecular complexity index is 424. The minimum absolute atomic E-state index is 0.177. The normalized spacial score (nSPS) is 12.7. The molecule has 0 unspecified atom stereocenters. The van der Waals surface area contributed by atoms with E-state index in [-0.39, 0.29) is 5.41 Å². The molecule has 0 spiro atoms. The van der Waals surface area contributed by atoms with E-state index in [1.165, 1.54) is 31.4 Å². The minimum atomic E-state index is -4.27. The molecule has 1 N–H and O–H groups in total. The molecular weight excluding hydrogens is 275 g/mol. The van der Waals surface area contributed by atoms with E-state index >= 15 is 0 Å². The van der Waals surface area contributed by atoms with Gasteiger partial charge in [-0.1, -0.05) is 58.2 Å². The Morgan fingerprint density at radius 1 is 1.10 bits per heavy atom. The van der Waals surface area contributed by atoms with Crippen LogP contribution in [0.5, 0.6) is 0 Å². The monoisotopic (exact) mass is 301 g/mol. The molecule has 0 fully saturated rings. The topological polar surface area (TPSA) is 12.0 Å². The van der Waals surface area contributed by atoms with Crippen LogP contribution in [0.3, 0.4) is 0 Å². The first kappa shape index (κ1) is 18.0. The van der Waals surface area contributed by atoms with Crippen LogP contribution >= 0.6 is 0 Å². The number of halogens is 3. The van der Waals surface area contributed by atoms with E-state index in [0.717, 1.165) is 19.0 Å². The highest BCUT2D eigenvalue weighted by Gasteiger charge is 2.30. The van der Waals surface area contributed by atoms with E-state index in [4.69, 9.17) is 0 Å². The summed E-state index contributed by atoms with van der Waals surface area (Å²) in [6.07, 6.45) is 0.505. The van der Waals surface area contributed by atoms with Crippen LogP contribution in [0.1, 0.15) is 57.6 Å². The van der Waals surface area contributed by atoms with Crippen LogP contribution in [-0.2, 0) is 12.7 Å². The fourth-order valence-corrected chi connectivity index (χ4v) is 2.34. The molecule has 0 atom stereocenters. The maximum Gasteiger partial charge on any atom is 0.416 e. The molecule has 1 nitrogen and oxygen atoms in total. The number of unbranched alkanes of at least 4 members (excludes halogenated alkanes) is 2. The zero-order chi connectivity index (χ0) is 15.9. The van der Waals surface area contributed by atoms with Crippen LogP contribution in [0, 0.1) is 5.41 Å². The lowest BCUT2D eigenvalue weighted by atomic mass is 9.87. The summed E-state index contributed by atoms with van der Waals surface area (Å²) in [4.78, 5) is 0. The second kappa shape index (κ2) is 7.83. The van der Waals surface area contributed by atoms with Crippen molar-refractivity contribution in [2.24, 2.45) is 5.41 Å². The zero-order valence-electron chi connectivity index (χ0n) is 13.2. The Labute approximate surface area is 125 Å². The fraction of sp³-hybridized carbons (Fsp3) is 0.647. The summed E-state index contributed by atoms with van der Waals surface area (Å²) in [6, 6.07) is 5.52. The molecule has 0 saturated carbocycles.